The summed E-state index contributed by atoms with van der Waals surface area (Å²) in [5.74, 6) is 0.208. The van der Waals surface area contributed by atoms with Crippen molar-refractivity contribution in [3.05, 3.63) is 53.9 Å². The molecule has 6 nitrogen and oxygen atoms in total. The Bertz CT molecular complexity index is 894. The van der Waals surface area contributed by atoms with Gasteiger partial charge in [0.05, 0.1) is 24.7 Å². The second kappa shape index (κ2) is 7.38. The summed E-state index contributed by atoms with van der Waals surface area (Å²) in [5, 5.41) is 0. The summed E-state index contributed by atoms with van der Waals surface area (Å²) in [6.07, 6.45) is 0. The molecule has 1 aromatic heterocycles. The number of fused-ring (bicyclic) bond motifs is 1. The van der Waals surface area contributed by atoms with Crippen LogP contribution in [0.25, 0.3) is 11.0 Å². The van der Waals surface area contributed by atoms with Gasteiger partial charge in [0, 0.05) is 12.6 Å². The van der Waals surface area contributed by atoms with E-state index < -0.39 is 6.61 Å². The third kappa shape index (κ3) is 3.74. The molecule has 1 N–H and O–H groups in total. The van der Waals surface area contributed by atoms with Crippen LogP contribution in [0.1, 0.15) is 16.2 Å². The standard InChI is InChI=1S/C18H17F2N3O3/c1-23(10-16-21-12-5-3-4-6-13(12)22-16)17(24)11-7-8-14(25-2)15(9-11)26-18(19)20/h3-9,18H,10H2,1-2H3,(H,21,22). The summed E-state index contributed by atoms with van der Waals surface area (Å²) < 4.78 is 34.5. The summed E-state index contributed by atoms with van der Waals surface area (Å²) in [6, 6.07) is 11.7. The highest BCUT2D eigenvalue weighted by Crippen LogP contribution is 2.30. The summed E-state index contributed by atoms with van der Waals surface area (Å²) >= 11 is 0. The molecule has 0 radical (unpaired) electrons. The number of halogens is 2. The molecular formula is C18H17F2N3O3. The van der Waals surface area contributed by atoms with Crippen molar-refractivity contribution in [3.63, 3.8) is 0 Å². The number of aromatic amines is 1. The van der Waals surface area contributed by atoms with Crippen LogP contribution >= 0.6 is 0 Å². The third-order valence-corrected chi connectivity index (χ3v) is 3.80. The van der Waals surface area contributed by atoms with Crippen LogP contribution in [0.4, 0.5) is 8.78 Å². The quantitative estimate of drug-likeness (QED) is 0.730. The lowest BCUT2D eigenvalue weighted by Crippen LogP contribution is -2.26. The number of ether oxygens (including phenoxy) is 2. The van der Waals surface area contributed by atoms with Gasteiger partial charge in [-0.25, -0.2) is 4.98 Å². The average Bonchev–Trinajstić information content (AvgIpc) is 3.02. The van der Waals surface area contributed by atoms with Crippen LogP contribution in [-0.4, -0.2) is 41.5 Å². The number of carbonyl (C=O) groups excluding carboxylic acids is 1. The van der Waals surface area contributed by atoms with Gasteiger partial charge in [0.25, 0.3) is 5.91 Å². The number of para-hydroxylation sites is 2. The molecule has 0 unspecified atom stereocenters. The number of imidazole rings is 1. The Labute approximate surface area is 148 Å². The lowest BCUT2D eigenvalue weighted by molar-refractivity contribution is -0.0512. The highest BCUT2D eigenvalue weighted by Gasteiger charge is 2.18. The van der Waals surface area contributed by atoms with E-state index in [0.29, 0.717) is 5.82 Å². The number of methoxy groups -OCH3 is 1. The van der Waals surface area contributed by atoms with Crippen molar-refractivity contribution >= 4 is 16.9 Å². The largest absolute Gasteiger partial charge is 0.493 e. The van der Waals surface area contributed by atoms with Gasteiger partial charge in [0.2, 0.25) is 0 Å². The number of H-pyrrole nitrogens is 1. The molecule has 0 aliphatic heterocycles. The minimum Gasteiger partial charge on any atom is -0.493 e. The van der Waals surface area contributed by atoms with E-state index in [9.17, 15) is 13.6 Å². The normalized spacial score (nSPS) is 11.0. The second-order valence-electron chi connectivity index (χ2n) is 5.61. The Morgan fingerprint density at radius 3 is 2.69 bits per heavy atom. The second-order valence-corrected chi connectivity index (χ2v) is 5.61. The molecule has 26 heavy (non-hydrogen) atoms. The summed E-state index contributed by atoms with van der Waals surface area (Å²) in [7, 11) is 2.94. The number of benzene rings is 2. The van der Waals surface area contributed by atoms with Gasteiger partial charge in [-0.1, -0.05) is 12.1 Å². The number of alkyl halides is 2. The Balaban J connectivity index is 1.79. The van der Waals surface area contributed by atoms with Crippen LogP contribution in [0.15, 0.2) is 42.5 Å². The SMILES string of the molecule is COc1ccc(C(=O)N(C)Cc2nc3ccccc3[nH]2)cc1OC(F)F. The molecule has 0 atom stereocenters. The molecule has 3 rings (SSSR count). The predicted octanol–water partition coefficient (Wildman–Crippen LogP) is 3.45. The molecule has 0 aliphatic rings. The molecular weight excluding hydrogens is 344 g/mol. The van der Waals surface area contributed by atoms with Gasteiger partial charge in [0.15, 0.2) is 11.5 Å². The lowest BCUT2D eigenvalue weighted by atomic mass is 10.1. The third-order valence-electron chi connectivity index (χ3n) is 3.80. The van der Waals surface area contributed by atoms with Crippen molar-refractivity contribution in [2.45, 2.75) is 13.2 Å². The van der Waals surface area contributed by atoms with Crippen LogP contribution in [-0.2, 0) is 6.54 Å². The summed E-state index contributed by atoms with van der Waals surface area (Å²) in [5.41, 5.74) is 1.89. The zero-order valence-electron chi connectivity index (χ0n) is 14.2. The number of hydrogen-bond acceptors (Lipinski definition) is 4. The van der Waals surface area contributed by atoms with E-state index in [1.165, 1.54) is 30.2 Å². The van der Waals surface area contributed by atoms with Gasteiger partial charge >= 0.3 is 6.61 Å². The number of nitrogens with one attached hydrogen (secondary N) is 1. The zero-order valence-corrected chi connectivity index (χ0v) is 14.2. The Morgan fingerprint density at radius 2 is 2.00 bits per heavy atom. The minimum absolute atomic E-state index is 0.127. The van der Waals surface area contributed by atoms with Crippen LogP contribution in [0.5, 0.6) is 11.5 Å². The number of rotatable bonds is 6. The van der Waals surface area contributed by atoms with E-state index in [4.69, 9.17) is 4.74 Å². The Morgan fingerprint density at radius 1 is 1.23 bits per heavy atom. The maximum Gasteiger partial charge on any atom is 0.387 e. The zero-order chi connectivity index (χ0) is 18.7. The molecule has 3 aromatic rings. The molecule has 136 valence electrons. The topological polar surface area (TPSA) is 67.5 Å². The van der Waals surface area contributed by atoms with Crippen molar-refractivity contribution in [1.82, 2.24) is 14.9 Å². The lowest BCUT2D eigenvalue weighted by Gasteiger charge is -2.17. The molecule has 0 fully saturated rings. The first-order chi connectivity index (χ1) is 12.5. The number of carbonyl (C=O) groups is 1. The van der Waals surface area contributed by atoms with Crippen molar-refractivity contribution < 1.29 is 23.0 Å². The van der Waals surface area contributed by atoms with Crippen LogP contribution in [0.2, 0.25) is 0 Å². The van der Waals surface area contributed by atoms with E-state index in [1.807, 2.05) is 24.3 Å². The van der Waals surface area contributed by atoms with Crippen LogP contribution < -0.4 is 9.47 Å². The number of amides is 1. The molecule has 1 amide bonds. The number of hydrogen-bond donors (Lipinski definition) is 1. The van der Waals surface area contributed by atoms with Crippen molar-refractivity contribution in [3.8, 4) is 11.5 Å². The first kappa shape index (κ1) is 17.7. The first-order valence-corrected chi connectivity index (χ1v) is 7.80. The summed E-state index contributed by atoms with van der Waals surface area (Å²) in [4.78, 5) is 21.6. The highest BCUT2D eigenvalue weighted by atomic mass is 19.3. The van der Waals surface area contributed by atoms with Crippen molar-refractivity contribution in [2.75, 3.05) is 14.2 Å². The van der Waals surface area contributed by atoms with Gasteiger partial charge in [-0.15, -0.1) is 0 Å². The maximum absolute atomic E-state index is 12.6. The Kier molecular flexibility index (Phi) is 5.01. The van der Waals surface area contributed by atoms with E-state index in [0.717, 1.165) is 11.0 Å². The van der Waals surface area contributed by atoms with Gasteiger partial charge < -0.3 is 19.4 Å². The number of nitrogens with zero attached hydrogens (tertiary/aromatic N) is 2. The average molecular weight is 361 g/mol. The van der Waals surface area contributed by atoms with E-state index in [1.54, 1.807) is 7.05 Å². The van der Waals surface area contributed by atoms with Crippen molar-refractivity contribution in [2.24, 2.45) is 0 Å². The van der Waals surface area contributed by atoms with Crippen LogP contribution in [0.3, 0.4) is 0 Å². The minimum atomic E-state index is -3.01. The molecule has 0 saturated heterocycles. The van der Waals surface area contributed by atoms with E-state index in [2.05, 4.69) is 14.7 Å². The van der Waals surface area contributed by atoms with E-state index in [-0.39, 0.29) is 29.5 Å². The van der Waals surface area contributed by atoms with Gasteiger partial charge in [-0.05, 0) is 30.3 Å². The predicted molar refractivity (Wildman–Crippen MR) is 91.5 cm³/mol. The molecule has 0 saturated carbocycles. The molecule has 0 spiro atoms. The summed E-state index contributed by atoms with van der Waals surface area (Å²) in [6.45, 7) is -2.77. The fraction of sp³-hybridized carbons (Fsp3) is 0.222. The highest BCUT2D eigenvalue weighted by molar-refractivity contribution is 5.94. The molecule has 0 bridgehead atoms. The van der Waals surface area contributed by atoms with Gasteiger partial charge in [0.1, 0.15) is 5.82 Å². The maximum atomic E-state index is 12.6. The molecule has 1 heterocycles. The molecule has 8 heteroatoms. The van der Waals surface area contributed by atoms with Gasteiger partial charge in [-0.2, -0.15) is 8.78 Å². The van der Waals surface area contributed by atoms with Crippen LogP contribution in [0, 0.1) is 0 Å². The Hall–Kier alpha value is -3.16. The fourth-order valence-corrected chi connectivity index (χ4v) is 2.60. The monoisotopic (exact) mass is 361 g/mol. The first-order valence-electron chi connectivity index (χ1n) is 7.80. The smallest absolute Gasteiger partial charge is 0.387 e. The van der Waals surface area contributed by atoms with E-state index >= 15 is 0 Å². The number of aromatic nitrogens is 2. The van der Waals surface area contributed by atoms with Gasteiger partial charge in [-0.3, -0.25) is 4.79 Å². The molecule has 2 aromatic carbocycles. The molecule has 0 aliphatic carbocycles. The van der Waals surface area contributed by atoms with Crippen molar-refractivity contribution in [1.29, 1.82) is 0 Å². The fourth-order valence-electron chi connectivity index (χ4n) is 2.60.